The molecule has 1 saturated heterocycles. The fourth-order valence-electron chi connectivity index (χ4n) is 3.77. The molecule has 7 nitrogen and oxygen atoms in total. The highest BCUT2D eigenvalue weighted by molar-refractivity contribution is 6.31. The average molecular weight is 428 g/mol. The first-order chi connectivity index (χ1) is 14.6. The Hall–Kier alpha value is -2.93. The number of ether oxygens (including phenoxy) is 1. The molecule has 8 heteroatoms. The number of aliphatic imine (C=N–C) groups is 1. The van der Waals surface area contributed by atoms with E-state index in [4.69, 9.17) is 16.3 Å². The summed E-state index contributed by atoms with van der Waals surface area (Å²) in [5.74, 6) is 1.57. The van der Waals surface area contributed by atoms with Gasteiger partial charge < -0.3 is 14.5 Å². The second-order valence-electron chi connectivity index (χ2n) is 7.54. The molecule has 158 valence electrons. The number of carbonyl (C=O) groups is 1. The summed E-state index contributed by atoms with van der Waals surface area (Å²) >= 11 is 6.03. The molecule has 4 rings (SSSR count). The second kappa shape index (κ2) is 9.26. The van der Waals surface area contributed by atoms with Crippen molar-refractivity contribution < 1.29 is 9.53 Å². The van der Waals surface area contributed by atoms with E-state index >= 15 is 0 Å². The lowest BCUT2D eigenvalue weighted by Crippen LogP contribution is -2.46. The van der Waals surface area contributed by atoms with Crippen LogP contribution in [-0.4, -0.2) is 58.8 Å². The highest BCUT2D eigenvalue weighted by atomic mass is 35.5. The third kappa shape index (κ3) is 5.16. The number of nitrogens with one attached hydrogen (secondary N) is 1. The molecule has 0 saturated carbocycles. The molecule has 0 unspecified atom stereocenters. The maximum absolute atomic E-state index is 11.5. The van der Waals surface area contributed by atoms with E-state index in [0.29, 0.717) is 23.5 Å². The molecule has 3 heterocycles. The first-order valence-electron chi connectivity index (χ1n) is 10.2. The fourth-order valence-corrected chi connectivity index (χ4v) is 3.98. The van der Waals surface area contributed by atoms with Crippen molar-refractivity contribution in [3.05, 3.63) is 60.0 Å². The van der Waals surface area contributed by atoms with Gasteiger partial charge in [0.1, 0.15) is 5.75 Å². The molecular weight excluding hydrogens is 402 g/mol. The van der Waals surface area contributed by atoms with Gasteiger partial charge >= 0.3 is 0 Å². The number of hydrogen-bond acceptors (Lipinski definition) is 6. The summed E-state index contributed by atoms with van der Waals surface area (Å²) in [5.41, 5.74) is 4.24. The van der Waals surface area contributed by atoms with Crippen LogP contribution in [0.15, 0.2) is 65.0 Å². The lowest BCUT2D eigenvalue weighted by molar-refractivity contribution is -0.130. The van der Waals surface area contributed by atoms with Crippen LogP contribution < -0.4 is 10.2 Å². The topological polar surface area (TPSA) is 60.4 Å². The monoisotopic (exact) mass is 427 g/mol. The van der Waals surface area contributed by atoms with Crippen LogP contribution in [0.5, 0.6) is 5.75 Å². The van der Waals surface area contributed by atoms with Gasteiger partial charge in [0.2, 0.25) is 11.8 Å². The van der Waals surface area contributed by atoms with Gasteiger partial charge in [-0.3, -0.25) is 15.2 Å². The zero-order valence-corrected chi connectivity index (χ0v) is 17.8. The van der Waals surface area contributed by atoms with Crippen LogP contribution in [0.3, 0.4) is 0 Å². The molecule has 1 amide bonds. The third-order valence-corrected chi connectivity index (χ3v) is 5.62. The van der Waals surface area contributed by atoms with E-state index < -0.39 is 0 Å². The van der Waals surface area contributed by atoms with Gasteiger partial charge in [0, 0.05) is 44.7 Å². The number of allylic oxidation sites excluding steroid dienone is 2. The number of likely N-dealkylation sites (tertiary alicyclic amines) is 1. The lowest BCUT2D eigenvalue weighted by Gasteiger charge is -2.38. The summed E-state index contributed by atoms with van der Waals surface area (Å²) in [6.45, 7) is 4.62. The number of carbonyl (C=O) groups excluding carboxylic acids is 1. The van der Waals surface area contributed by atoms with E-state index in [1.165, 1.54) is 0 Å². The lowest BCUT2D eigenvalue weighted by atomic mass is 10.0. The Bertz CT molecular complexity index is 885. The molecule has 0 radical (unpaired) electrons. The number of rotatable bonds is 4. The molecule has 0 atom stereocenters. The molecule has 1 N–H and O–H groups in total. The second-order valence-corrected chi connectivity index (χ2v) is 7.97. The van der Waals surface area contributed by atoms with Crippen LogP contribution >= 0.6 is 11.6 Å². The molecule has 1 aromatic carbocycles. The quantitative estimate of drug-likeness (QED) is 0.796. The Balaban J connectivity index is 1.29. The van der Waals surface area contributed by atoms with Crippen molar-refractivity contribution in [2.45, 2.75) is 25.8 Å². The Labute approximate surface area is 181 Å². The third-order valence-electron chi connectivity index (χ3n) is 5.39. The van der Waals surface area contributed by atoms with E-state index in [0.717, 1.165) is 43.9 Å². The van der Waals surface area contributed by atoms with Gasteiger partial charge in [0.15, 0.2) is 0 Å². The Morgan fingerprint density at radius 3 is 2.70 bits per heavy atom. The summed E-state index contributed by atoms with van der Waals surface area (Å²) < 4.78 is 6.00. The van der Waals surface area contributed by atoms with Gasteiger partial charge in [-0.1, -0.05) is 17.7 Å². The standard InChI is InChI=1S/C22H26ClN5O2/c1-17(29)26-12-8-20(9-13-26)27-14-10-24-22(16-27)30-21-6-4-19(5-7-21)25-28-11-2-3-18(23)15-28/h2-7,10,14-15,20,25H,8-9,11-13,16H2,1H3. The molecule has 3 aliphatic heterocycles. The number of piperidine rings is 1. The van der Waals surface area contributed by atoms with E-state index in [1.54, 1.807) is 13.1 Å². The van der Waals surface area contributed by atoms with E-state index in [9.17, 15) is 4.79 Å². The van der Waals surface area contributed by atoms with Gasteiger partial charge in [-0.2, -0.15) is 0 Å². The van der Waals surface area contributed by atoms with Gasteiger partial charge in [-0.25, -0.2) is 4.99 Å². The predicted molar refractivity (Wildman–Crippen MR) is 119 cm³/mol. The number of halogens is 1. The smallest absolute Gasteiger partial charge is 0.219 e. The van der Waals surface area contributed by atoms with Crippen molar-refractivity contribution >= 4 is 29.1 Å². The number of amides is 1. The predicted octanol–water partition coefficient (Wildman–Crippen LogP) is 3.54. The van der Waals surface area contributed by atoms with Crippen LogP contribution in [0, 0.1) is 0 Å². The van der Waals surface area contributed by atoms with Crippen molar-refractivity contribution in [1.29, 1.82) is 0 Å². The van der Waals surface area contributed by atoms with Crippen LogP contribution in [0.1, 0.15) is 19.8 Å². The maximum atomic E-state index is 11.5. The van der Waals surface area contributed by atoms with Crippen molar-refractivity contribution in [2.24, 2.45) is 4.99 Å². The Morgan fingerprint density at radius 2 is 2.00 bits per heavy atom. The Kier molecular flexibility index (Phi) is 6.28. The van der Waals surface area contributed by atoms with Crippen molar-refractivity contribution in [1.82, 2.24) is 14.8 Å². The SMILES string of the molecule is CC(=O)N1CCC(N2C=CN=C(Oc3ccc(NN4C=C(Cl)C=CC4)cc3)C2)CC1. The number of hydrogen-bond donors (Lipinski definition) is 1. The van der Waals surface area contributed by atoms with E-state index in [1.807, 2.05) is 58.7 Å². The minimum atomic E-state index is 0.155. The molecule has 1 fully saturated rings. The summed E-state index contributed by atoms with van der Waals surface area (Å²) in [6.07, 6.45) is 11.4. The summed E-state index contributed by atoms with van der Waals surface area (Å²) in [5, 5.41) is 2.61. The number of hydrazine groups is 1. The molecule has 3 aliphatic rings. The van der Waals surface area contributed by atoms with Crippen molar-refractivity contribution in [3.8, 4) is 5.75 Å². The molecule has 0 bridgehead atoms. The fraction of sp³-hybridized carbons (Fsp3) is 0.364. The van der Waals surface area contributed by atoms with Gasteiger partial charge in [0.05, 0.1) is 23.8 Å². The molecular formula is C22H26ClN5O2. The number of nitrogens with zero attached hydrogens (tertiary/aromatic N) is 4. The first kappa shape index (κ1) is 20.3. The van der Waals surface area contributed by atoms with Gasteiger partial charge in [-0.05, 0) is 43.2 Å². The molecule has 30 heavy (non-hydrogen) atoms. The zero-order valence-electron chi connectivity index (χ0n) is 17.0. The maximum Gasteiger partial charge on any atom is 0.219 e. The zero-order chi connectivity index (χ0) is 20.9. The van der Waals surface area contributed by atoms with Crippen LogP contribution in [0.4, 0.5) is 5.69 Å². The van der Waals surface area contributed by atoms with Gasteiger partial charge in [-0.15, -0.1) is 0 Å². The highest BCUT2D eigenvalue weighted by Gasteiger charge is 2.26. The minimum absolute atomic E-state index is 0.155. The highest BCUT2D eigenvalue weighted by Crippen LogP contribution is 2.21. The van der Waals surface area contributed by atoms with Crippen LogP contribution in [-0.2, 0) is 4.79 Å². The van der Waals surface area contributed by atoms with Crippen molar-refractivity contribution in [3.63, 3.8) is 0 Å². The number of anilines is 1. The average Bonchev–Trinajstić information content (AvgIpc) is 2.75. The van der Waals surface area contributed by atoms with E-state index in [2.05, 4.69) is 15.3 Å². The summed E-state index contributed by atoms with van der Waals surface area (Å²) in [7, 11) is 0. The van der Waals surface area contributed by atoms with Crippen LogP contribution in [0.25, 0.3) is 0 Å². The summed E-state index contributed by atoms with van der Waals surface area (Å²) in [6, 6.07) is 8.16. The largest absolute Gasteiger partial charge is 0.441 e. The summed E-state index contributed by atoms with van der Waals surface area (Å²) in [4.78, 5) is 20.1. The molecule has 0 aliphatic carbocycles. The van der Waals surface area contributed by atoms with Crippen LogP contribution in [0.2, 0.25) is 0 Å². The van der Waals surface area contributed by atoms with E-state index in [-0.39, 0.29) is 5.91 Å². The molecule has 0 spiro atoms. The van der Waals surface area contributed by atoms with Gasteiger partial charge in [0.25, 0.3) is 0 Å². The normalized spacial score (nSPS) is 19.5. The molecule has 0 aromatic heterocycles. The number of benzene rings is 1. The minimum Gasteiger partial charge on any atom is -0.441 e. The molecule has 1 aromatic rings. The Morgan fingerprint density at radius 1 is 1.23 bits per heavy atom. The van der Waals surface area contributed by atoms with Crippen molar-refractivity contribution in [2.75, 3.05) is 31.6 Å². The first-order valence-corrected chi connectivity index (χ1v) is 10.5.